The topological polar surface area (TPSA) is 192 Å². The number of benzene rings is 2. The maximum Gasteiger partial charge on any atom is 0.251 e. The molecule has 0 aliphatic rings. The van der Waals surface area contributed by atoms with Gasteiger partial charge in [-0.3, -0.25) is 4.79 Å². The number of nitrogens with zero attached hydrogens (tertiary/aromatic N) is 4. The summed E-state index contributed by atoms with van der Waals surface area (Å²) in [6.45, 7) is 0. The Morgan fingerprint density at radius 2 is 1.73 bits per heavy atom. The summed E-state index contributed by atoms with van der Waals surface area (Å²) in [5, 5.41) is 4.02. The van der Waals surface area contributed by atoms with Crippen LogP contribution < -0.4 is 25.7 Å². The van der Waals surface area contributed by atoms with Crippen molar-refractivity contribution in [3.8, 4) is 17.2 Å². The lowest BCUT2D eigenvalue weighted by molar-refractivity contribution is 0.100. The Labute approximate surface area is 190 Å². The van der Waals surface area contributed by atoms with Crippen LogP contribution in [0.25, 0.3) is 16.5 Å². The van der Waals surface area contributed by atoms with Crippen LogP contribution >= 0.6 is 0 Å². The first-order chi connectivity index (χ1) is 15.6. The molecule has 0 spiro atoms. The summed E-state index contributed by atoms with van der Waals surface area (Å²) in [7, 11) is 0.565. The summed E-state index contributed by atoms with van der Waals surface area (Å²) >= 11 is 0. The number of aliphatic imine (C=N–C) groups is 1. The molecule has 2 aromatic rings. The van der Waals surface area contributed by atoms with Gasteiger partial charge in [-0.1, -0.05) is 6.07 Å². The first-order valence-electron chi connectivity index (χ1n) is 9.17. The molecule has 0 radical (unpaired) electrons. The number of rotatable bonds is 9. The predicted molar refractivity (Wildman–Crippen MR) is 123 cm³/mol. The molecule has 0 heterocycles. The maximum absolute atomic E-state index is 12.7. The van der Waals surface area contributed by atoms with Gasteiger partial charge in [0.1, 0.15) is 17.2 Å². The molecule has 174 valence electrons. The largest absolute Gasteiger partial charge is 0.496 e. The number of nitrogens with two attached hydrogens (primary N) is 2. The SMILES string of the molecule is COc1cc(OC)c(/C=C/S(=O)(=O)Cc2ccc(C(=O)N=[N+]=[N-])c(N=C(N)N)c2)c(OC)c1. The Bertz CT molecular complexity index is 1240. The van der Waals surface area contributed by atoms with Gasteiger partial charge in [-0.15, -0.1) is 0 Å². The predicted octanol–water partition coefficient (Wildman–Crippen LogP) is 2.65. The highest BCUT2D eigenvalue weighted by molar-refractivity contribution is 7.93. The van der Waals surface area contributed by atoms with Gasteiger partial charge in [0.2, 0.25) is 0 Å². The van der Waals surface area contributed by atoms with E-state index in [4.69, 9.17) is 31.2 Å². The zero-order valence-corrected chi connectivity index (χ0v) is 18.9. The molecular formula is C20H22N6O6S. The summed E-state index contributed by atoms with van der Waals surface area (Å²) < 4.78 is 41.3. The Morgan fingerprint density at radius 3 is 2.24 bits per heavy atom. The summed E-state index contributed by atoms with van der Waals surface area (Å²) in [6, 6.07) is 7.18. The lowest BCUT2D eigenvalue weighted by Crippen LogP contribution is -2.22. The van der Waals surface area contributed by atoms with Gasteiger partial charge in [-0.25, -0.2) is 13.4 Å². The van der Waals surface area contributed by atoms with Crippen LogP contribution in [-0.4, -0.2) is 41.6 Å². The normalized spacial score (nSPS) is 10.9. The third-order valence-electron chi connectivity index (χ3n) is 4.24. The maximum atomic E-state index is 12.7. The quantitative estimate of drug-likeness (QED) is 0.182. The molecule has 0 unspecified atom stereocenters. The van der Waals surface area contributed by atoms with Crippen molar-refractivity contribution in [3.63, 3.8) is 0 Å². The molecule has 0 atom stereocenters. The van der Waals surface area contributed by atoms with Crippen molar-refractivity contribution in [1.29, 1.82) is 0 Å². The molecule has 2 aromatic carbocycles. The summed E-state index contributed by atoms with van der Waals surface area (Å²) in [4.78, 5) is 18.2. The lowest BCUT2D eigenvalue weighted by atomic mass is 10.1. The molecule has 0 aliphatic heterocycles. The van der Waals surface area contributed by atoms with Crippen molar-refractivity contribution >= 4 is 33.5 Å². The third kappa shape index (κ3) is 6.63. The van der Waals surface area contributed by atoms with Crippen LogP contribution in [0, 0.1) is 0 Å². The zero-order chi connectivity index (χ0) is 24.6. The summed E-state index contributed by atoms with van der Waals surface area (Å²) in [5.74, 6) is -0.504. The third-order valence-corrected chi connectivity index (χ3v) is 5.53. The van der Waals surface area contributed by atoms with Crippen molar-refractivity contribution in [2.75, 3.05) is 21.3 Å². The number of ether oxygens (including phenoxy) is 3. The monoisotopic (exact) mass is 474 g/mol. The van der Waals surface area contributed by atoms with Gasteiger partial charge < -0.3 is 25.7 Å². The minimum absolute atomic E-state index is 0.0254. The molecular weight excluding hydrogens is 452 g/mol. The molecule has 12 nitrogen and oxygen atoms in total. The van der Waals surface area contributed by atoms with Gasteiger partial charge in [-0.2, -0.15) is 0 Å². The van der Waals surface area contributed by atoms with Gasteiger partial charge in [-0.05, 0) is 34.4 Å². The van der Waals surface area contributed by atoms with Crippen LogP contribution in [-0.2, 0) is 15.6 Å². The molecule has 0 fully saturated rings. The van der Waals surface area contributed by atoms with E-state index in [1.165, 1.54) is 45.6 Å². The molecule has 0 bridgehead atoms. The van der Waals surface area contributed by atoms with E-state index >= 15 is 0 Å². The van der Waals surface area contributed by atoms with Gasteiger partial charge in [0.05, 0.1) is 43.9 Å². The van der Waals surface area contributed by atoms with Crippen molar-refractivity contribution < 1.29 is 27.4 Å². The van der Waals surface area contributed by atoms with Crippen LogP contribution in [0.2, 0.25) is 0 Å². The number of methoxy groups -OCH3 is 3. The number of carbonyl (C=O) groups excluding carboxylic acids is 1. The van der Waals surface area contributed by atoms with Gasteiger partial charge in [0, 0.05) is 22.5 Å². The number of amides is 1. The Morgan fingerprint density at radius 1 is 1.09 bits per heavy atom. The number of azide groups is 1. The highest BCUT2D eigenvalue weighted by Gasteiger charge is 2.16. The van der Waals surface area contributed by atoms with Crippen LogP contribution in [0.3, 0.4) is 0 Å². The summed E-state index contributed by atoms with van der Waals surface area (Å²) in [5.41, 5.74) is 19.8. The zero-order valence-electron chi connectivity index (χ0n) is 18.0. The molecule has 2 rings (SSSR count). The highest BCUT2D eigenvalue weighted by Crippen LogP contribution is 2.35. The minimum atomic E-state index is -3.79. The highest BCUT2D eigenvalue weighted by atomic mass is 32.2. The molecule has 13 heteroatoms. The Balaban J connectivity index is 2.42. The van der Waals surface area contributed by atoms with Crippen molar-refractivity contribution in [1.82, 2.24) is 0 Å². The second-order valence-electron chi connectivity index (χ2n) is 6.44. The van der Waals surface area contributed by atoms with E-state index in [9.17, 15) is 13.2 Å². The van der Waals surface area contributed by atoms with Gasteiger partial charge >= 0.3 is 0 Å². The fraction of sp³-hybridized carbons (Fsp3) is 0.200. The van der Waals surface area contributed by atoms with E-state index in [1.807, 2.05) is 0 Å². The smallest absolute Gasteiger partial charge is 0.251 e. The number of sulfone groups is 1. The number of hydrogen-bond donors (Lipinski definition) is 2. The lowest BCUT2D eigenvalue weighted by Gasteiger charge is -2.12. The summed E-state index contributed by atoms with van der Waals surface area (Å²) in [6.07, 6.45) is 1.35. The first-order valence-corrected chi connectivity index (χ1v) is 10.9. The molecule has 0 aromatic heterocycles. The molecule has 4 N–H and O–H groups in total. The van der Waals surface area contributed by atoms with E-state index in [-0.39, 0.29) is 17.2 Å². The van der Waals surface area contributed by atoms with Crippen LogP contribution in [0.15, 0.2) is 45.8 Å². The average Bonchev–Trinajstić information content (AvgIpc) is 2.76. The van der Waals surface area contributed by atoms with Crippen molar-refractivity contribution in [2.24, 2.45) is 21.6 Å². The van der Waals surface area contributed by atoms with Crippen molar-refractivity contribution in [2.45, 2.75) is 5.75 Å². The van der Waals surface area contributed by atoms with Crippen molar-refractivity contribution in [3.05, 3.63) is 62.9 Å². The second kappa shape index (κ2) is 10.9. The average molecular weight is 474 g/mol. The van der Waals surface area contributed by atoms with Gasteiger partial charge in [0.25, 0.3) is 5.91 Å². The number of carbonyl (C=O) groups is 1. The molecule has 0 aliphatic carbocycles. The van der Waals surface area contributed by atoms with E-state index in [1.54, 1.807) is 12.1 Å². The Kier molecular flexibility index (Phi) is 8.26. The van der Waals surface area contributed by atoms with Crippen LogP contribution in [0.1, 0.15) is 21.5 Å². The standard InChI is InChI=1S/C20H22N6O6S/c1-30-13-9-17(31-2)15(18(10-13)32-3)6-7-33(28,29)11-12-4-5-14(19(27)25-26-23)16(8-12)24-20(21)22/h4-10H,11H2,1-3H3,(H4,21,22,24)/b7-6+. The molecule has 0 saturated carbocycles. The second-order valence-corrected chi connectivity index (χ2v) is 8.32. The van der Waals surface area contributed by atoms with E-state index < -0.39 is 21.5 Å². The molecule has 33 heavy (non-hydrogen) atoms. The number of guanidine groups is 1. The fourth-order valence-electron chi connectivity index (χ4n) is 2.82. The van der Waals surface area contributed by atoms with Gasteiger partial charge in [0.15, 0.2) is 15.8 Å². The van der Waals surface area contributed by atoms with Crippen LogP contribution in [0.5, 0.6) is 17.2 Å². The van der Waals surface area contributed by atoms with Crippen LogP contribution in [0.4, 0.5) is 5.69 Å². The number of hydrogen-bond acceptors (Lipinski definition) is 7. The molecule has 1 amide bonds. The fourth-order valence-corrected chi connectivity index (χ4v) is 3.91. The Hall–Kier alpha value is -4.22. The minimum Gasteiger partial charge on any atom is -0.496 e. The van der Waals surface area contributed by atoms with E-state index in [0.717, 1.165) is 5.41 Å². The van der Waals surface area contributed by atoms with E-state index in [2.05, 4.69) is 15.0 Å². The van der Waals surface area contributed by atoms with E-state index in [0.29, 0.717) is 28.4 Å². The molecule has 0 saturated heterocycles. The first kappa shape index (κ1) is 25.0.